The molecule has 0 saturated carbocycles. The molecule has 1 aliphatic rings. The molecule has 0 radical (unpaired) electrons. The first kappa shape index (κ1) is 15.5. The van der Waals surface area contributed by atoms with E-state index in [0.717, 1.165) is 22.4 Å². The number of nitrogens with zero attached hydrogens (tertiary/aromatic N) is 2. The SMILES string of the molecule is O=C1NC(=S)NC(=O)C1Cn1c(-c2ccccc2)nc2ccccc21. The van der Waals surface area contributed by atoms with E-state index in [1.54, 1.807) is 0 Å². The van der Waals surface area contributed by atoms with E-state index in [0.29, 0.717) is 0 Å². The maximum atomic E-state index is 12.2. The lowest BCUT2D eigenvalue weighted by atomic mass is 10.1. The minimum absolute atomic E-state index is 0.0463. The van der Waals surface area contributed by atoms with Crippen LogP contribution in [0.15, 0.2) is 54.6 Å². The van der Waals surface area contributed by atoms with Crippen molar-refractivity contribution >= 4 is 40.2 Å². The number of benzene rings is 2. The summed E-state index contributed by atoms with van der Waals surface area (Å²) in [4.78, 5) is 29.2. The average Bonchev–Trinajstić information content (AvgIpc) is 2.97. The molecule has 25 heavy (non-hydrogen) atoms. The maximum Gasteiger partial charge on any atom is 0.240 e. The number of carbonyl (C=O) groups is 2. The lowest BCUT2D eigenvalue weighted by Crippen LogP contribution is -2.56. The van der Waals surface area contributed by atoms with Gasteiger partial charge in [0, 0.05) is 12.1 Å². The average molecular weight is 350 g/mol. The summed E-state index contributed by atoms with van der Waals surface area (Å²) < 4.78 is 1.91. The zero-order valence-corrected chi connectivity index (χ0v) is 13.9. The molecule has 0 bridgehead atoms. The number of fused-ring (bicyclic) bond motifs is 1. The molecule has 1 fully saturated rings. The number of hydrogen-bond donors (Lipinski definition) is 2. The van der Waals surface area contributed by atoms with Crippen LogP contribution >= 0.6 is 12.2 Å². The van der Waals surface area contributed by atoms with E-state index < -0.39 is 17.7 Å². The Morgan fingerprint density at radius 1 is 0.960 bits per heavy atom. The molecule has 2 amide bonds. The van der Waals surface area contributed by atoms with Gasteiger partial charge in [0.15, 0.2) is 5.11 Å². The second-order valence-corrected chi connectivity index (χ2v) is 6.17. The van der Waals surface area contributed by atoms with Gasteiger partial charge in [-0.1, -0.05) is 42.5 Å². The minimum Gasteiger partial charge on any atom is -0.323 e. The fraction of sp³-hybridized carbons (Fsp3) is 0.111. The molecule has 7 heteroatoms. The molecular weight excluding hydrogens is 336 g/mol. The van der Waals surface area contributed by atoms with Crippen LogP contribution in [0.1, 0.15) is 0 Å². The quantitative estimate of drug-likeness (QED) is 0.558. The summed E-state index contributed by atoms with van der Waals surface area (Å²) in [7, 11) is 0. The van der Waals surface area contributed by atoms with Crippen molar-refractivity contribution in [3.05, 3.63) is 54.6 Å². The number of carbonyl (C=O) groups excluding carboxylic acids is 2. The molecule has 3 aromatic rings. The molecule has 1 aromatic heterocycles. The third-order valence-corrected chi connectivity index (χ3v) is 4.36. The summed E-state index contributed by atoms with van der Waals surface area (Å²) in [6, 6.07) is 17.3. The van der Waals surface area contributed by atoms with Gasteiger partial charge in [-0.2, -0.15) is 0 Å². The van der Waals surface area contributed by atoms with Gasteiger partial charge in [-0.25, -0.2) is 4.98 Å². The molecule has 2 N–H and O–H groups in total. The van der Waals surface area contributed by atoms with Crippen LogP contribution in [-0.2, 0) is 16.1 Å². The highest BCUT2D eigenvalue weighted by Gasteiger charge is 2.33. The highest BCUT2D eigenvalue weighted by molar-refractivity contribution is 7.80. The summed E-state index contributed by atoms with van der Waals surface area (Å²) in [5.74, 6) is -0.946. The highest BCUT2D eigenvalue weighted by atomic mass is 32.1. The number of thiocarbonyl (C=S) groups is 1. The predicted octanol–water partition coefficient (Wildman–Crippen LogP) is 1.85. The van der Waals surface area contributed by atoms with E-state index in [9.17, 15) is 9.59 Å². The molecule has 124 valence electrons. The van der Waals surface area contributed by atoms with Crippen molar-refractivity contribution in [2.75, 3.05) is 0 Å². The molecular formula is C18H14N4O2S. The van der Waals surface area contributed by atoms with Gasteiger partial charge < -0.3 is 15.2 Å². The van der Waals surface area contributed by atoms with Crippen molar-refractivity contribution in [2.45, 2.75) is 6.54 Å². The number of aromatic nitrogens is 2. The zero-order valence-electron chi connectivity index (χ0n) is 13.1. The lowest BCUT2D eigenvalue weighted by Gasteiger charge is -2.23. The fourth-order valence-electron chi connectivity index (χ4n) is 2.96. The van der Waals surface area contributed by atoms with Gasteiger partial charge in [-0.05, 0) is 24.4 Å². The van der Waals surface area contributed by atoms with Crippen LogP contribution in [0.25, 0.3) is 22.4 Å². The van der Waals surface area contributed by atoms with E-state index in [-0.39, 0.29) is 11.7 Å². The number of hydrogen-bond acceptors (Lipinski definition) is 4. The predicted molar refractivity (Wildman–Crippen MR) is 97.5 cm³/mol. The summed E-state index contributed by atoms with van der Waals surface area (Å²) in [6.45, 7) is 0.186. The van der Waals surface area contributed by atoms with Crippen molar-refractivity contribution in [2.24, 2.45) is 5.92 Å². The monoisotopic (exact) mass is 350 g/mol. The smallest absolute Gasteiger partial charge is 0.240 e. The van der Waals surface area contributed by atoms with Crippen LogP contribution in [0.3, 0.4) is 0 Å². The summed E-state index contributed by atoms with van der Waals surface area (Å²) in [5, 5.41) is 5.06. The highest BCUT2D eigenvalue weighted by Crippen LogP contribution is 2.26. The molecule has 0 spiro atoms. The van der Waals surface area contributed by atoms with Gasteiger partial charge in [0.2, 0.25) is 11.8 Å². The summed E-state index contributed by atoms with van der Waals surface area (Å²) >= 11 is 4.86. The van der Waals surface area contributed by atoms with E-state index in [4.69, 9.17) is 12.2 Å². The maximum absolute atomic E-state index is 12.2. The Morgan fingerprint density at radius 2 is 1.60 bits per heavy atom. The normalized spacial score (nSPS) is 15.3. The third kappa shape index (κ3) is 2.78. The molecule has 1 saturated heterocycles. The Balaban J connectivity index is 1.82. The molecule has 1 aliphatic heterocycles. The molecule has 4 rings (SSSR count). The first-order chi connectivity index (χ1) is 12.1. The van der Waals surface area contributed by atoms with Crippen molar-refractivity contribution in [3.8, 4) is 11.4 Å². The van der Waals surface area contributed by atoms with Crippen LogP contribution in [0.4, 0.5) is 0 Å². The molecule has 6 nitrogen and oxygen atoms in total. The van der Waals surface area contributed by atoms with Crippen LogP contribution in [0, 0.1) is 5.92 Å². The Bertz CT molecular complexity index is 977. The van der Waals surface area contributed by atoms with Gasteiger partial charge in [-0.15, -0.1) is 0 Å². The number of para-hydroxylation sites is 2. The second-order valence-electron chi connectivity index (χ2n) is 5.76. The number of imidazole rings is 1. The van der Waals surface area contributed by atoms with Crippen LogP contribution in [0.2, 0.25) is 0 Å². The first-order valence-corrected chi connectivity index (χ1v) is 8.20. The summed E-state index contributed by atoms with van der Waals surface area (Å²) in [6.07, 6.45) is 0. The van der Waals surface area contributed by atoms with Gasteiger partial charge >= 0.3 is 0 Å². The van der Waals surface area contributed by atoms with Crippen LogP contribution < -0.4 is 10.6 Å². The van der Waals surface area contributed by atoms with E-state index >= 15 is 0 Å². The zero-order chi connectivity index (χ0) is 17.4. The van der Waals surface area contributed by atoms with Crippen molar-refractivity contribution in [1.29, 1.82) is 0 Å². The van der Waals surface area contributed by atoms with E-state index in [1.165, 1.54) is 0 Å². The standard InChI is InChI=1S/C18H14N4O2S/c23-16-12(17(24)21-18(25)20-16)10-22-14-9-5-4-8-13(14)19-15(22)11-6-2-1-3-7-11/h1-9,12H,10H2,(H2,20,21,23,24,25). The van der Waals surface area contributed by atoms with Crippen LogP contribution in [0.5, 0.6) is 0 Å². The van der Waals surface area contributed by atoms with Gasteiger partial charge in [0.25, 0.3) is 0 Å². The molecule has 2 aromatic carbocycles. The largest absolute Gasteiger partial charge is 0.323 e. The molecule has 0 atom stereocenters. The number of nitrogens with one attached hydrogen (secondary N) is 2. The van der Waals surface area contributed by atoms with E-state index in [1.807, 2.05) is 59.2 Å². The molecule has 0 aliphatic carbocycles. The van der Waals surface area contributed by atoms with Gasteiger partial charge in [0.05, 0.1) is 11.0 Å². The van der Waals surface area contributed by atoms with Gasteiger partial charge in [0.1, 0.15) is 11.7 Å². The first-order valence-electron chi connectivity index (χ1n) is 7.80. The van der Waals surface area contributed by atoms with Gasteiger partial charge in [-0.3, -0.25) is 9.59 Å². The lowest BCUT2D eigenvalue weighted by molar-refractivity contribution is -0.135. The fourth-order valence-corrected chi connectivity index (χ4v) is 3.17. The van der Waals surface area contributed by atoms with Crippen molar-refractivity contribution in [3.63, 3.8) is 0 Å². The summed E-state index contributed by atoms with van der Waals surface area (Å²) in [5.41, 5.74) is 2.61. The second kappa shape index (κ2) is 6.10. The topological polar surface area (TPSA) is 76.0 Å². The third-order valence-electron chi connectivity index (χ3n) is 4.16. The molecule has 2 heterocycles. The Labute approximate surface area is 148 Å². The van der Waals surface area contributed by atoms with Crippen LogP contribution in [-0.4, -0.2) is 26.5 Å². The van der Waals surface area contributed by atoms with Crippen molar-refractivity contribution in [1.82, 2.24) is 20.2 Å². The van der Waals surface area contributed by atoms with Crippen molar-refractivity contribution < 1.29 is 9.59 Å². The Morgan fingerprint density at radius 3 is 2.32 bits per heavy atom. The number of amides is 2. The Kier molecular flexibility index (Phi) is 3.77. The molecule has 0 unspecified atom stereocenters. The van der Waals surface area contributed by atoms with E-state index in [2.05, 4.69) is 15.6 Å². The number of rotatable bonds is 3. The Hall–Kier alpha value is -3.06. The minimum atomic E-state index is -0.869.